The van der Waals surface area contributed by atoms with Crippen molar-refractivity contribution in [2.24, 2.45) is 0 Å². The van der Waals surface area contributed by atoms with E-state index in [4.69, 9.17) is 4.74 Å². The summed E-state index contributed by atoms with van der Waals surface area (Å²) in [6, 6.07) is 3.56. The minimum Gasteiger partial charge on any atom is -0.496 e. The fraction of sp³-hybridized carbons (Fsp3) is 0.500. The first-order valence-electron chi connectivity index (χ1n) is 5.33. The Morgan fingerprint density at radius 3 is 2.06 bits per heavy atom. The summed E-state index contributed by atoms with van der Waals surface area (Å²) in [5.41, 5.74) is 1.91. The summed E-state index contributed by atoms with van der Waals surface area (Å²) in [6.07, 6.45) is 2.77. The second kappa shape index (κ2) is 4.87. The quantitative estimate of drug-likeness (QED) is 0.813. The third kappa shape index (κ3) is 2.55. The zero-order valence-electron chi connectivity index (χ0n) is 10.2. The van der Waals surface area contributed by atoms with Gasteiger partial charge in [-0.05, 0) is 30.0 Å². The van der Waals surface area contributed by atoms with E-state index in [-0.39, 0.29) is 0 Å². The van der Waals surface area contributed by atoms with Crippen molar-refractivity contribution in [1.29, 1.82) is 0 Å². The molecule has 0 aliphatic rings. The van der Waals surface area contributed by atoms with E-state index in [0.717, 1.165) is 17.5 Å². The van der Waals surface area contributed by atoms with Crippen LogP contribution in [0.15, 0.2) is 17.0 Å². The summed E-state index contributed by atoms with van der Waals surface area (Å²) in [5, 5.41) is 0. The van der Waals surface area contributed by atoms with Gasteiger partial charge in [0.05, 0.1) is 12.0 Å². The van der Waals surface area contributed by atoms with E-state index in [2.05, 4.69) is 0 Å². The Hall–Kier alpha value is -1.03. The van der Waals surface area contributed by atoms with Crippen molar-refractivity contribution in [2.45, 2.75) is 31.6 Å². The molecule has 0 amide bonds. The second-order valence-corrected chi connectivity index (χ2v) is 5.74. The molecule has 0 aliphatic heterocycles. The Morgan fingerprint density at radius 2 is 1.69 bits per heavy atom. The van der Waals surface area contributed by atoms with Crippen molar-refractivity contribution < 1.29 is 13.2 Å². The Balaban J connectivity index is 3.50. The summed E-state index contributed by atoms with van der Waals surface area (Å²) in [7, 11) is -1.62. The highest BCUT2D eigenvalue weighted by Gasteiger charge is 2.15. The van der Waals surface area contributed by atoms with Gasteiger partial charge in [0.15, 0.2) is 9.84 Å². The fourth-order valence-electron chi connectivity index (χ4n) is 1.74. The van der Waals surface area contributed by atoms with Gasteiger partial charge in [0.1, 0.15) is 5.75 Å². The summed E-state index contributed by atoms with van der Waals surface area (Å²) in [5.74, 6) is 0.653. The molecule has 0 saturated heterocycles. The lowest BCUT2D eigenvalue weighted by Gasteiger charge is -2.12. The zero-order valence-corrected chi connectivity index (χ0v) is 11.0. The van der Waals surface area contributed by atoms with Gasteiger partial charge in [0, 0.05) is 6.26 Å². The van der Waals surface area contributed by atoms with E-state index in [9.17, 15) is 8.42 Å². The third-order valence-corrected chi connectivity index (χ3v) is 3.80. The minimum absolute atomic E-state index is 0.379. The molecule has 16 heavy (non-hydrogen) atoms. The summed E-state index contributed by atoms with van der Waals surface area (Å²) >= 11 is 0. The van der Waals surface area contributed by atoms with Crippen molar-refractivity contribution in [2.75, 3.05) is 13.4 Å². The van der Waals surface area contributed by atoms with E-state index < -0.39 is 9.84 Å². The fourth-order valence-corrected chi connectivity index (χ4v) is 2.75. The van der Waals surface area contributed by atoms with E-state index in [1.165, 1.54) is 6.26 Å². The van der Waals surface area contributed by atoms with Gasteiger partial charge in [0.2, 0.25) is 0 Å². The van der Waals surface area contributed by atoms with E-state index in [1.807, 2.05) is 19.9 Å². The van der Waals surface area contributed by atoms with Crippen LogP contribution in [-0.4, -0.2) is 21.8 Å². The van der Waals surface area contributed by atoms with Gasteiger partial charge >= 0.3 is 0 Å². The van der Waals surface area contributed by atoms with Gasteiger partial charge in [-0.25, -0.2) is 8.42 Å². The molecule has 1 rings (SSSR count). The molecular formula is C12H18O3S. The third-order valence-electron chi connectivity index (χ3n) is 2.62. The SMILES string of the molecule is CCc1cc(CC)c(S(C)(=O)=O)cc1OC. The maximum atomic E-state index is 11.6. The van der Waals surface area contributed by atoms with Crippen molar-refractivity contribution in [3.05, 3.63) is 23.3 Å². The second-order valence-electron chi connectivity index (χ2n) is 3.75. The van der Waals surface area contributed by atoms with Crippen molar-refractivity contribution in [3.8, 4) is 5.75 Å². The van der Waals surface area contributed by atoms with Crippen LogP contribution in [0.1, 0.15) is 25.0 Å². The number of sulfone groups is 1. The van der Waals surface area contributed by atoms with Crippen LogP contribution in [0.3, 0.4) is 0 Å². The number of rotatable bonds is 4. The molecule has 0 aromatic heterocycles. The first kappa shape index (κ1) is 13.0. The molecule has 0 fully saturated rings. The number of aryl methyl sites for hydroxylation is 2. The predicted molar refractivity (Wildman–Crippen MR) is 64.9 cm³/mol. The normalized spacial score (nSPS) is 11.5. The lowest BCUT2D eigenvalue weighted by molar-refractivity contribution is 0.408. The van der Waals surface area contributed by atoms with E-state index in [0.29, 0.717) is 17.1 Å². The number of hydrogen-bond donors (Lipinski definition) is 0. The van der Waals surface area contributed by atoms with Gasteiger partial charge < -0.3 is 4.74 Å². The smallest absolute Gasteiger partial charge is 0.175 e. The molecule has 0 atom stereocenters. The maximum absolute atomic E-state index is 11.6. The summed E-state index contributed by atoms with van der Waals surface area (Å²) < 4.78 is 28.5. The molecular weight excluding hydrogens is 224 g/mol. The monoisotopic (exact) mass is 242 g/mol. The molecule has 3 nitrogen and oxygen atoms in total. The molecule has 1 aromatic rings. The Labute approximate surface area is 97.4 Å². The van der Waals surface area contributed by atoms with E-state index >= 15 is 0 Å². The first-order valence-corrected chi connectivity index (χ1v) is 7.23. The highest BCUT2D eigenvalue weighted by Crippen LogP contribution is 2.27. The van der Waals surface area contributed by atoms with Gasteiger partial charge in [0.25, 0.3) is 0 Å². The Bertz CT molecular complexity index is 475. The van der Waals surface area contributed by atoms with Crippen LogP contribution in [0.4, 0.5) is 0 Å². The van der Waals surface area contributed by atoms with Crippen molar-refractivity contribution >= 4 is 9.84 Å². The highest BCUT2D eigenvalue weighted by molar-refractivity contribution is 7.90. The standard InChI is InChI=1S/C12H18O3S/c1-5-9-7-10(6-2)12(16(4,13)14)8-11(9)15-3/h7-8H,5-6H2,1-4H3. The number of hydrogen-bond acceptors (Lipinski definition) is 3. The molecule has 0 saturated carbocycles. The molecule has 0 aliphatic carbocycles. The topological polar surface area (TPSA) is 43.4 Å². The molecule has 0 N–H and O–H groups in total. The predicted octanol–water partition coefficient (Wildman–Crippen LogP) is 2.22. The van der Waals surface area contributed by atoms with Crippen LogP contribution in [0.2, 0.25) is 0 Å². The number of ether oxygens (including phenoxy) is 1. The first-order chi connectivity index (χ1) is 7.43. The van der Waals surface area contributed by atoms with Crippen molar-refractivity contribution in [1.82, 2.24) is 0 Å². The molecule has 90 valence electrons. The van der Waals surface area contributed by atoms with Crippen LogP contribution in [0.25, 0.3) is 0 Å². The van der Waals surface area contributed by atoms with Gasteiger partial charge in [-0.15, -0.1) is 0 Å². The largest absolute Gasteiger partial charge is 0.496 e. The van der Waals surface area contributed by atoms with Crippen molar-refractivity contribution in [3.63, 3.8) is 0 Å². The lowest BCUT2D eigenvalue weighted by atomic mass is 10.1. The molecule has 0 spiro atoms. The lowest BCUT2D eigenvalue weighted by Crippen LogP contribution is -2.04. The Morgan fingerprint density at radius 1 is 1.12 bits per heavy atom. The molecule has 0 heterocycles. The minimum atomic E-state index is -3.18. The van der Waals surface area contributed by atoms with Gasteiger partial charge in [-0.2, -0.15) is 0 Å². The van der Waals surface area contributed by atoms with Crippen LogP contribution >= 0.6 is 0 Å². The zero-order chi connectivity index (χ0) is 12.3. The van der Waals surface area contributed by atoms with Crippen LogP contribution < -0.4 is 4.74 Å². The molecule has 0 radical (unpaired) electrons. The molecule has 4 heteroatoms. The van der Waals surface area contributed by atoms with Gasteiger partial charge in [-0.1, -0.05) is 19.9 Å². The number of benzene rings is 1. The maximum Gasteiger partial charge on any atom is 0.175 e. The highest BCUT2D eigenvalue weighted by atomic mass is 32.2. The average Bonchev–Trinajstić information content (AvgIpc) is 2.25. The molecule has 0 bridgehead atoms. The molecule has 1 aromatic carbocycles. The Kier molecular flexibility index (Phi) is 3.97. The van der Waals surface area contributed by atoms with Crippen LogP contribution in [0, 0.1) is 0 Å². The number of methoxy groups -OCH3 is 1. The van der Waals surface area contributed by atoms with Crippen LogP contribution in [-0.2, 0) is 22.7 Å². The summed E-state index contributed by atoms with van der Waals surface area (Å²) in [6.45, 7) is 3.98. The van der Waals surface area contributed by atoms with Gasteiger partial charge in [-0.3, -0.25) is 0 Å². The summed E-state index contributed by atoms with van der Waals surface area (Å²) in [4.78, 5) is 0.379. The van der Waals surface area contributed by atoms with Crippen LogP contribution in [0.5, 0.6) is 5.75 Å². The molecule has 0 unspecified atom stereocenters. The average molecular weight is 242 g/mol. The van der Waals surface area contributed by atoms with E-state index in [1.54, 1.807) is 13.2 Å².